The standard InChI is InChI=1S/C13H13F2N3O2/c1-8-5-13(6-14,18-12(16)20-8)10-4-9(17-7-19)2-3-11(10)15/h2-5,7H,6H2,1H3,(H2,16,18)(H,17,19)/t13-/m1/s1. The average molecular weight is 281 g/mol. The van der Waals surface area contributed by atoms with Crippen LogP contribution in [-0.4, -0.2) is 19.1 Å². The predicted molar refractivity (Wildman–Crippen MR) is 70.2 cm³/mol. The number of aliphatic imine (C=N–C) groups is 1. The second-order valence-electron chi connectivity index (χ2n) is 4.32. The first-order valence-corrected chi connectivity index (χ1v) is 5.79. The Morgan fingerprint density at radius 2 is 2.30 bits per heavy atom. The molecule has 0 saturated heterocycles. The maximum absolute atomic E-state index is 14.0. The first kappa shape index (κ1) is 14.0. The minimum atomic E-state index is -1.59. The molecule has 0 bridgehead atoms. The Hall–Kier alpha value is -2.44. The van der Waals surface area contributed by atoms with E-state index in [9.17, 15) is 13.6 Å². The molecule has 2 rings (SSSR count). The molecule has 0 fully saturated rings. The number of alkyl halides is 1. The third-order valence-corrected chi connectivity index (χ3v) is 2.88. The minimum absolute atomic E-state index is 0.0301. The summed E-state index contributed by atoms with van der Waals surface area (Å²) in [5.41, 5.74) is 4.20. The summed E-state index contributed by atoms with van der Waals surface area (Å²) < 4.78 is 32.6. The van der Waals surface area contributed by atoms with Crippen molar-refractivity contribution in [2.75, 3.05) is 12.0 Å². The molecule has 5 nitrogen and oxygen atoms in total. The summed E-state index contributed by atoms with van der Waals surface area (Å²) in [6.45, 7) is 0.577. The van der Waals surface area contributed by atoms with Crippen LogP contribution in [-0.2, 0) is 15.1 Å². The van der Waals surface area contributed by atoms with Crippen molar-refractivity contribution < 1.29 is 18.3 Å². The van der Waals surface area contributed by atoms with Crippen molar-refractivity contribution in [3.63, 3.8) is 0 Å². The number of allylic oxidation sites excluding steroid dienone is 1. The molecule has 1 heterocycles. The van der Waals surface area contributed by atoms with E-state index in [1.54, 1.807) is 6.92 Å². The number of hydrogen-bond acceptors (Lipinski definition) is 4. The largest absolute Gasteiger partial charge is 0.431 e. The molecule has 3 N–H and O–H groups in total. The number of ether oxygens (including phenoxy) is 1. The predicted octanol–water partition coefficient (Wildman–Crippen LogP) is 1.81. The fourth-order valence-electron chi connectivity index (χ4n) is 2.08. The van der Waals surface area contributed by atoms with Crippen molar-refractivity contribution in [2.24, 2.45) is 10.7 Å². The molecule has 20 heavy (non-hydrogen) atoms. The van der Waals surface area contributed by atoms with E-state index in [0.29, 0.717) is 17.9 Å². The molecule has 1 aromatic rings. The van der Waals surface area contributed by atoms with Crippen LogP contribution in [0.25, 0.3) is 0 Å². The smallest absolute Gasteiger partial charge is 0.288 e. The van der Waals surface area contributed by atoms with Gasteiger partial charge in [-0.2, -0.15) is 0 Å². The normalized spacial score (nSPS) is 21.6. The fraction of sp³-hybridized carbons (Fsp3) is 0.231. The van der Waals surface area contributed by atoms with Gasteiger partial charge in [0, 0.05) is 11.3 Å². The van der Waals surface area contributed by atoms with Gasteiger partial charge in [-0.05, 0) is 31.2 Å². The van der Waals surface area contributed by atoms with Gasteiger partial charge in [-0.1, -0.05) is 0 Å². The summed E-state index contributed by atoms with van der Waals surface area (Å²) >= 11 is 0. The van der Waals surface area contributed by atoms with E-state index in [0.717, 1.165) is 6.07 Å². The van der Waals surface area contributed by atoms with Crippen LogP contribution in [0.2, 0.25) is 0 Å². The van der Waals surface area contributed by atoms with Crippen LogP contribution in [0.4, 0.5) is 14.5 Å². The zero-order chi connectivity index (χ0) is 14.8. The number of nitrogens with zero attached hydrogens (tertiary/aromatic N) is 1. The Morgan fingerprint density at radius 3 is 2.90 bits per heavy atom. The molecular formula is C13H13F2N3O2. The second-order valence-corrected chi connectivity index (χ2v) is 4.32. The third-order valence-electron chi connectivity index (χ3n) is 2.88. The number of halogens is 2. The van der Waals surface area contributed by atoms with E-state index >= 15 is 0 Å². The van der Waals surface area contributed by atoms with Crippen LogP contribution in [0.3, 0.4) is 0 Å². The lowest BCUT2D eigenvalue weighted by Gasteiger charge is -2.28. The Morgan fingerprint density at radius 1 is 1.55 bits per heavy atom. The maximum Gasteiger partial charge on any atom is 0.288 e. The highest BCUT2D eigenvalue weighted by Crippen LogP contribution is 2.35. The van der Waals surface area contributed by atoms with Crippen LogP contribution >= 0.6 is 0 Å². The molecule has 0 aliphatic carbocycles. The molecule has 7 heteroatoms. The molecule has 0 radical (unpaired) electrons. The Bertz CT molecular complexity index is 581. The molecule has 0 saturated carbocycles. The van der Waals surface area contributed by atoms with Crippen LogP contribution in [0.5, 0.6) is 0 Å². The number of amides is 1. The monoisotopic (exact) mass is 281 g/mol. The van der Waals surface area contributed by atoms with Gasteiger partial charge in [-0.15, -0.1) is 0 Å². The number of carbonyl (C=O) groups is 1. The Labute approximate surface area is 114 Å². The lowest BCUT2D eigenvalue weighted by molar-refractivity contribution is -0.105. The summed E-state index contributed by atoms with van der Waals surface area (Å²) in [6, 6.07) is 3.57. The maximum atomic E-state index is 14.0. The van der Waals surface area contributed by atoms with Crippen molar-refractivity contribution in [1.82, 2.24) is 0 Å². The number of nitrogens with two attached hydrogens (primary N) is 1. The number of hydrogen-bond donors (Lipinski definition) is 2. The first-order chi connectivity index (χ1) is 9.50. The molecule has 1 amide bonds. The number of nitrogens with one attached hydrogen (secondary N) is 1. The molecule has 1 aromatic carbocycles. The summed E-state index contributed by atoms with van der Waals surface area (Å²) in [6.07, 6.45) is 1.80. The van der Waals surface area contributed by atoms with Crippen LogP contribution in [0.15, 0.2) is 35.0 Å². The van der Waals surface area contributed by atoms with E-state index in [4.69, 9.17) is 10.5 Å². The van der Waals surface area contributed by atoms with E-state index in [-0.39, 0.29) is 11.6 Å². The fourth-order valence-corrected chi connectivity index (χ4v) is 2.08. The Balaban J connectivity index is 2.59. The van der Waals surface area contributed by atoms with E-state index in [1.165, 1.54) is 18.2 Å². The number of carbonyl (C=O) groups excluding carboxylic acids is 1. The van der Waals surface area contributed by atoms with Gasteiger partial charge in [0.1, 0.15) is 23.8 Å². The van der Waals surface area contributed by atoms with Gasteiger partial charge >= 0.3 is 0 Å². The van der Waals surface area contributed by atoms with Crippen LogP contribution in [0, 0.1) is 5.82 Å². The molecule has 1 aliphatic heterocycles. The van der Waals surface area contributed by atoms with Crippen molar-refractivity contribution >= 4 is 18.1 Å². The van der Waals surface area contributed by atoms with E-state index in [1.807, 2.05) is 0 Å². The quantitative estimate of drug-likeness (QED) is 0.826. The van der Waals surface area contributed by atoms with Gasteiger partial charge in [-0.3, -0.25) is 4.79 Å². The van der Waals surface area contributed by atoms with E-state index in [2.05, 4.69) is 10.3 Å². The van der Waals surface area contributed by atoms with Crippen molar-refractivity contribution in [1.29, 1.82) is 0 Å². The molecular weight excluding hydrogens is 268 g/mol. The van der Waals surface area contributed by atoms with E-state index < -0.39 is 18.0 Å². The molecule has 0 unspecified atom stereocenters. The number of anilines is 1. The minimum Gasteiger partial charge on any atom is -0.431 e. The lowest BCUT2D eigenvalue weighted by atomic mass is 9.89. The van der Waals surface area contributed by atoms with Crippen LogP contribution < -0.4 is 11.1 Å². The number of rotatable bonds is 4. The van der Waals surface area contributed by atoms with Crippen LogP contribution in [0.1, 0.15) is 12.5 Å². The zero-order valence-electron chi connectivity index (χ0n) is 10.7. The molecule has 106 valence electrons. The third kappa shape index (κ3) is 2.47. The molecule has 1 aliphatic rings. The number of benzene rings is 1. The lowest BCUT2D eigenvalue weighted by Crippen LogP contribution is -2.34. The SMILES string of the molecule is CC1=C[C@@](CF)(c2cc(NC=O)ccc2F)N=C(N)O1. The molecule has 1 atom stereocenters. The highest BCUT2D eigenvalue weighted by atomic mass is 19.1. The van der Waals surface area contributed by atoms with Gasteiger partial charge in [-0.25, -0.2) is 13.8 Å². The van der Waals surface area contributed by atoms with Crippen molar-refractivity contribution in [3.05, 3.63) is 41.4 Å². The average Bonchev–Trinajstić information content (AvgIpc) is 2.40. The summed E-state index contributed by atoms with van der Waals surface area (Å²) in [5, 5.41) is 2.38. The molecule has 0 spiro atoms. The van der Waals surface area contributed by atoms with Crippen molar-refractivity contribution in [3.8, 4) is 0 Å². The van der Waals surface area contributed by atoms with Gasteiger partial charge in [0.25, 0.3) is 6.02 Å². The molecule has 0 aromatic heterocycles. The highest BCUT2D eigenvalue weighted by Gasteiger charge is 2.36. The topological polar surface area (TPSA) is 76.7 Å². The summed E-state index contributed by atoms with van der Waals surface area (Å²) in [4.78, 5) is 14.3. The highest BCUT2D eigenvalue weighted by molar-refractivity contribution is 5.75. The first-order valence-electron chi connectivity index (χ1n) is 5.79. The van der Waals surface area contributed by atoms with Gasteiger partial charge in [0.15, 0.2) is 0 Å². The van der Waals surface area contributed by atoms with Gasteiger partial charge in [0.2, 0.25) is 6.41 Å². The number of amidine groups is 1. The summed E-state index contributed by atoms with van der Waals surface area (Å²) in [7, 11) is 0. The second kappa shape index (κ2) is 5.28. The van der Waals surface area contributed by atoms with Gasteiger partial charge in [0.05, 0.1) is 0 Å². The van der Waals surface area contributed by atoms with Gasteiger partial charge < -0.3 is 15.8 Å². The zero-order valence-corrected chi connectivity index (χ0v) is 10.7. The van der Waals surface area contributed by atoms with Crippen molar-refractivity contribution in [2.45, 2.75) is 12.5 Å². The summed E-state index contributed by atoms with van der Waals surface area (Å²) in [5.74, 6) is -0.329. The Kier molecular flexibility index (Phi) is 3.69.